The lowest BCUT2D eigenvalue weighted by Gasteiger charge is -2.12. The number of hydrogen-bond acceptors (Lipinski definition) is 5. The first kappa shape index (κ1) is 17.7. The van der Waals surface area contributed by atoms with Gasteiger partial charge in [-0.05, 0) is 43.2 Å². The SMILES string of the molecule is Cc1cccc(C)c1OCCOC(=O)c1ccc2c(c1)C(=O)N(C)C2=O. The van der Waals surface area contributed by atoms with Gasteiger partial charge < -0.3 is 9.47 Å². The highest BCUT2D eigenvalue weighted by atomic mass is 16.6. The molecular weight excluding hydrogens is 334 g/mol. The fourth-order valence-corrected chi connectivity index (χ4v) is 2.88. The Morgan fingerprint density at radius 2 is 1.62 bits per heavy atom. The maximum atomic E-state index is 12.2. The molecule has 0 aliphatic carbocycles. The topological polar surface area (TPSA) is 72.9 Å². The first-order chi connectivity index (χ1) is 12.4. The Bertz CT molecular complexity index is 883. The Labute approximate surface area is 151 Å². The van der Waals surface area contributed by atoms with Crippen LogP contribution in [-0.2, 0) is 4.74 Å². The highest BCUT2D eigenvalue weighted by Gasteiger charge is 2.33. The smallest absolute Gasteiger partial charge is 0.338 e. The molecule has 6 nitrogen and oxygen atoms in total. The maximum absolute atomic E-state index is 12.2. The highest BCUT2D eigenvalue weighted by molar-refractivity contribution is 6.21. The Balaban J connectivity index is 1.60. The number of para-hydroxylation sites is 1. The largest absolute Gasteiger partial charge is 0.489 e. The molecule has 0 bridgehead atoms. The summed E-state index contributed by atoms with van der Waals surface area (Å²) in [7, 11) is 1.41. The maximum Gasteiger partial charge on any atom is 0.338 e. The van der Waals surface area contributed by atoms with Gasteiger partial charge in [-0.25, -0.2) is 4.79 Å². The summed E-state index contributed by atoms with van der Waals surface area (Å²) in [5.41, 5.74) is 2.78. The van der Waals surface area contributed by atoms with Crippen molar-refractivity contribution >= 4 is 17.8 Å². The second-order valence-electron chi connectivity index (χ2n) is 6.13. The number of carbonyl (C=O) groups excluding carboxylic acids is 3. The van der Waals surface area contributed by atoms with Gasteiger partial charge in [0, 0.05) is 7.05 Å². The van der Waals surface area contributed by atoms with E-state index in [1.807, 2.05) is 32.0 Å². The molecule has 26 heavy (non-hydrogen) atoms. The number of aryl methyl sites for hydroxylation is 2. The van der Waals surface area contributed by atoms with Crippen LogP contribution in [0.3, 0.4) is 0 Å². The quantitative estimate of drug-likeness (QED) is 0.469. The van der Waals surface area contributed by atoms with E-state index in [0.717, 1.165) is 21.8 Å². The van der Waals surface area contributed by atoms with E-state index in [4.69, 9.17) is 9.47 Å². The monoisotopic (exact) mass is 353 g/mol. The molecule has 2 aromatic carbocycles. The molecule has 1 aliphatic rings. The lowest BCUT2D eigenvalue weighted by molar-refractivity contribution is 0.0449. The summed E-state index contributed by atoms with van der Waals surface area (Å²) in [4.78, 5) is 37.1. The number of nitrogens with zero attached hydrogens (tertiary/aromatic N) is 1. The molecule has 0 aromatic heterocycles. The van der Waals surface area contributed by atoms with Crippen LogP contribution in [0.25, 0.3) is 0 Å². The van der Waals surface area contributed by atoms with Crippen LogP contribution in [0.4, 0.5) is 0 Å². The summed E-state index contributed by atoms with van der Waals surface area (Å²) < 4.78 is 10.9. The first-order valence-electron chi connectivity index (χ1n) is 8.22. The van der Waals surface area contributed by atoms with E-state index in [1.54, 1.807) is 0 Å². The fraction of sp³-hybridized carbons (Fsp3) is 0.250. The summed E-state index contributed by atoms with van der Waals surface area (Å²) in [6, 6.07) is 10.2. The van der Waals surface area contributed by atoms with Gasteiger partial charge in [-0.15, -0.1) is 0 Å². The van der Waals surface area contributed by atoms with Gasteiger partial charge in [0.2, 0.25) is 0 Å². The van der Waals surface area contributed by atoms with Crippen molar-refractivity contribution in [3.05, 3.63) is 64.2 Å². The predicted octanol–water partition coefficient (Wildman–Crippen LogP) is 2.77. The van der Waals surface area contributed by atoms with Crippen LogP contribution in [0.15, 0.2) is 36.4 Å². The van der Waals surface area contributed by atoms with Crippen LogP contribution in [0, 0.1) is 13.8 Å². The lowest BCUT2D eigenvalue weighted by Crippen LogP contribution is -2.24. The van der Waals surface area contributed by atoms with Crippen molar-refractivity contribution in [2.24, 2.45) is 0 Å². The van der Waals surface area contributed by atoms with Gasteiger partial charge in [0.05, 0.1) is 16.7 Å². The molecule has 6 heteroatoms. The van der Waals surface area contributed by atoms with E-state index in [-0.39, 0.29) is 30.2 Å². The minimum atomic E-state index is -0.562. The molecule has 0 fully saturated rings. The van der Waals surface area contributed by atoms with E-state index in [2.05, 4.69) is 0 Å². The number of esters is 1. The molecule has 0 saturated carbocycles. The molecule has 2 aromatic rings. The summed E-state index contributed by atoms with van der Waals surface area (Å²) >= 11 is 0. The Morgan fingerprint density at radius 1 is 0.962 bits per heavy atom. The Kier molecular flexibility index (Phi) is 4.75. The molecule has 0 atom stereocenters. The zero-order valence-electron chi connectivity index (χ0n) is 14.9. The number of imide groups is 1. The molecule has 0 spiro atoms. The van der Waals surface area contributed by atoms with Crippen molar-refractivity contribution in [2.75, 3.05) is 20.3 Å². The predicted molar refractivity (Wildman–Crippen MR) is 94.6 cm³/mol. The minimum absolute atomic E-state index is 0.0798. The van der Waals surface area contributed by atoms with Crippen molar-refractivity contribution in [1.29, 1.82) is 0 Å². The van der Waals surface area contributed by atoms with E-state index >= 15 is 0 Å². The summed E-state index contributed by atoms with van der Waals surface area (Å²) in [6.45, 7) is 4.21. The van der Waals surface area contributed by atoms with Crippen LogP contribution in [-0.4, -0.2) is 42.9 Å². The molecule has 1 heterocycles. The number of amides is 2. The number of hydrogen-bond donors (Lipinski definition) is 0. The van der Waals surface area contributed by atoms with Crippen molar-refractivity contribution in [3.63, 3.8) is 0 Å². The average molecular weight is 353 g/mol. The Morgan fingerprint density at radius 3 is 2.31 bits per heavy atom. The zero-order valence-corrected chi connectivity index (χ0v) is 14.9. The standard InChI is InChI=1S/C20H19NO5/c1-12-5-4-6-13(2)17(12)25-9-10-26-20(24)14-7-8-15-16(11-14)19(23)21(3)18(15)22/h4-8,11H,9-10H2,1-3H3. The number of benzene rings is 2. The van der Waals surface area contributed by atoms with Crippen molar-refractivity contribution in [3.8, 4) is 5.75 Å². The third-order valence-corrected chi connectivity index (χ3v) is 4.30. The van der Waals surface area contributed by atoms with Crippen molar-refractivity contribution < 1.29 is 23.9 Å². The normalized spacial score (nSPS) is 13.0. The lowest BCUT2D eigenvalue weighted by atomic mass is 10.1. The molecule has 3 rings (SSSR count). The van der Waals surface area contributed by atoms with Crippen molar-refractivity contribution in [2.45, 2.75) is 13.8 Å². The van der Waals surface area contributed by atoms with Gasteiger partial charge in [-0.3, -0.25) is 14.5 Å². The molecule has 0 N–H and O–H groups in total. The van der Waals surface area contributed by atoms with Crippen LogP contribution in [0.5, 0.6) is 5.75 Å². The Hall–Kier alpha value is -3.15. The first-order valence-corrected chi connectivity index (χ1v) is 8.22. The van der Waals surface area contributed by atoms with E-state index in [1.165, 1.54) is 25.2 Å². The summed E-state index contributed by atoms with van der Waals surface area (Å²) in [5.74, 6) is -0.564. The van der Waals surface area contributed by atoms with E-state index in [9.17, 15) is 14.4 Å². The molecule has 0 unspecified atom stereocenters. The van der Waals surface area contributed by atoms with Gasteiger partial charge in [-0.2, -0.15) is 0 Å². The van der Waals surface area contributed by atoms with Crippen LogP contribution < -0.4 is 4.74 Å². The molecule has 1 aliphatic heterocycles. The second kappa shape index (κ2) is 7.00. The molecule has 2 amide bonds. The molecular formula is C20H19NO5. The molecule has 0 radical (unpaired) electrons. The summed E-state index contributed by atoms with van der Waals surface area (Å²) in [6.07, 6.45) is 0. The molecule has 0 saturated heterocycles. The van der Waals surface area contributed by atoms with Crippen molar-refractivity contribution in [1.82, 2.24) is 4.90 Å². The van der Waals surface area contributed by atoms with Crippen LogP contribution in [0.1, 0.15) is 42.2 Å². The van der Waals surface area contributed by atoms with Gasteiger partial charge in [-0.1, -0.05) is 18.2 Å². The number of ether oxygens (including phenoxy) is 2. The average Bonchev–Trinajstić information content (AvgIpc) is 2.84. The number of carbonyl (C=O) groups is 3. The fourth-order valence-electron chi connectivity index (χ4n) is 2.88. The zero-order chi connectivity index (χ0) is 18.8. The van der Waals surface area contributed by atoms with Crippen LogP contribution >= 0.6 is 0 Å². The minimum Gasteiger partial charge on any atom is -0.489 e. The summed E-state index contributed by atoms with van der Waals surface area (Å²) in [5, 5.41) is 0. The van der Waals surface area contributed by atoms with Gasteiger partial charge in [0.1, 0.15) is 19.0 Å². The van der Waals surface area contributed by atoms with Crippen LogP contribution in [0.2, 0.25) is 0 Å². The van der Waals surface area contributed by atoms with Gasteiger partial charge >= 0.3 is 5.97 Å². The number of rotatable bonds is 5. The van der Waals surface area contributed by atoms with Gasteiger partial charge in [0.15, 0.2) is 0 Å². The third kappa shape index (κ3) is 3.18. The van der Waals surface area contributed by atoms with E-state index in [0.29, 0.717) is 5.56 Å². The molecule has 134 valence electrons. The van der Waals surface area contributed by atoms with Gasteiger partial charge in [0.25, 0.3) is 11.8 Å². The number of fused-ring (bicyclic) bond motifs is 1. The highest BCUT2D eigenvalue weighted by Crippen LogP contribution is 2.24. The van der Waals surface area contributed by atoms with E-state index < -0.39 is 11.9 Å². The third-order valence-electron chi connectivity index (χ3n) is 4.30. The second-order valence-corrected chi connectivity index (χ2v) is 6.13.